The molecular weight excluding hydrogens is 314 g/mol. The highest BCUT2D eigenvalue weighted by atomic mass is 16.5. The van der Waals surface area contributed by atoms with Crippen LogP contribution in [-0.2, 0) is 16.1 Å². The lowest BCUT2D eigenvalue weighted by Gasteiger charge is -2.08. The Morgan fingerprint density at radius 1 is 1.17 bits per heavy atom. The number of carbonyl (C=O) groups is 2. The van der Waals surface area contributed by atoms with Gasteiger partial charge in [-0.3, -0.25) is 14.3 Å². The third-order valence-corrected chi connectivity index (χ3v) is 2.87. The quantitative estimate of drug-likeness (QED) is 0.725. The molecule has 0 spiro atoms. The minimum Gasteiger partial charge on any atom is -0.494 e. The summed E-state index contributed by atoms with van der Waals surface area (Å²) in [6.07, 6.45) is 2.40. The normalized spacial score (nSPS) is 10.2. The van der Waals surface area contributed by atoms with Gasteiger partial charge in [0.1, 0.15) is 18.0 Å². The first kappa shape index (κ1) is 17.3. The van der Waals surface area contributed by atoms with Crippen LogP contribution in [0.1, 0.15) is 13.3 Å². The van der Waals surface area contributed by atoms with Gasteiger partial charge in [0.2, 0.25) is 0 Å². The molecule has 8 nitrogen and oxygen atoms in total. The molecule has 0 aliphatic heterocycles. The van der Waals surface area contributed by atoms with Crippen molar-refractivity contribution >= 4 is 17.7 Å². The second kappa shape index (κ2) is 8.56. The molecule has 0 saturated carbocycles. The molecule has 128 valence electrons. The maximum absolute atomic E-state index is 11.8. The summed E-state index contributed by atoms with van der Waals surface area (Å²) in [4.78, 5) is 22.4. The average molecular weight is 333 g/mol. The highest BCUT2D eigenvalue weighted by Gasteiger charge is 2.07. The standard InChI is InChI=1S/C16H19N3O5/c1-2-9-23-12-3-5-13(6-4-12)24-11-15(20)17-14-7-8-19(18-14)10-16(21)22/h3-8H,2,9-11H2,1H3,(H,21,22)(H,17,18,20). The Balaban J connectivity index is 1.78. The van der Waals surface area contributed by atoms with Gasteiger partial charge in [0.25, 0.3) is 5.91 Å². The van der Waals surface area contributed by atoms with E-state index in [9.17, 15) is 9.59 Å². The molecule has 0 unspecified atom stereocenters. The van der Waals surface area contributed by atoms with E-state index in [0.29, 0.717) is 12.4 Å². The molecule has 2 aromatic rings. The molecule has 0 saturated heterocycles. The van der Waals surface area contributed by atoms with Crippen LogP contribution < -0.4 is 14.8 Å². The van der Waals surface area contributed by atoms with Crippen LogP contribution >= 0.6 is 0 Å². The molecule has 0 fully saturated rings. The number of carboxylic acids is 1. The van der Waals surface area contributed by atoms with Crippen molar-refractivity contribution in [2.45, 2.75) is 19.9 Å². The van der Waals surface area contributed by atoms with Crippen molar-refractivity contribution in [1.29, 1.82) is 0 Å². The molecule has 0 radical (unpaired) electrons. The van der Waals surface area contributed by atoms with Crippen molar-refractivity contribution in [2.24, 2.45) is 0 Å². The van der Waals surface area contributed by atoms with Crippen molar-refractivity contribution in [2.75, 3.05) is 18.5 Å². The van der Waals surface area contributed by atoms with E-state index < -0.39 is 5.97 Å². The smallest absolute Gasteiger partial charge is 0.325 e. The fourth-order valence-corrected chi connectivity index (χ4v) is 1.83. The third-order valence-electron chi connectivity index (χ3n) is 2.87. The number of hydrogen-bond donors (Lipinski definition) is 2. The molecule has 0 aliphatic rings. The van der Waals surface area contributed by atoms with E-state index >= 15 is 0 Å². The average Bonchev–Trinajstić information content (AvgIpc) is 2.98. The largest absolute Gasteiger partial charge is 0.494 e. The SMILES string of the molecule is CCCOc1ccc(OCC(=O)Nc2ccn(CC(=O)O)n2)cc1. The summed E-state index contributed by atoms with van der Waals surface area (Å²) in [6, 6.07) is 8.51. The maximum Gasteiger partial charge on any atom is 0.325 e. The van der Waals surface area contributed by atoms with E-state index in [-0.39, 0.29) is 24.9 Å². The zero-order valence-electron chi connectivity index (χ0n) is 13.3. The van der Waals surface area contributed by atoms with E-state index in [0.717, 1.165) is 12.2 Å². The molecule has 1 aromatic carbocycles. The summed E-state index contributed by atoms with van der Waals surface area (Å²) in [5, 5.41) is 15.1. The molecule has 2 rings (SSSR count). The van der Waals surface area contributed by atoms with Crippen LogP contribution in [0.15, 0.2) is 36.5 Å². The number of benzene rings is 1. The Morgan fingerprint density at radius 2 is 1.83 bits per heavy atom. The lowest BCUT2D eigenvalue weighted by Crippen LogP contribution is -2.20. The third kappa shape index (κ3) is 5.64. The van der Waals surface area contributed by atoms with Gasteiger partial charge in [-0.15, -0.1) is 0 Å². The zero-order chi connectivity index (χ0) is 17.4. The molecule has 24 heavy (non-hydrogen) atoms. The highest BCUT2D eigenvalue weighted by Crippen LogP contribution is 2.17. The Labute approximate surface area is 139 Å². The Hall–Kier alpha value is -3.03. The molecule has 2 N–H and O–H groups in total. The number of nitrogens with zero attached hydrogens (tertiary/aromatic N) is 2. The van der Waals surface area contributed by atoms with Crippen LogP contribution in [0.25, 0.3) is 0 Å². The maximum atomic E-state index is 11.8. The highest BCUT2D eigenvalue weighted by molar-refractivity contribution is 5.90. The number of nitrogens with one attached hydrogen (secondary N) is 1. The number of carboxylic acid groups (broad SMARTS) is 1. The van der Waals surface area contributed by atoms with Gasteiger partial charge in [-0.25, -0.2) is 0 Å². The summed E-state index contributed by atoms with van der Waals surface area (Å²) in [5.74, 6) is 0.170. The van der Waals surface area contributed by atoms with Crippen molar-refractivity contribution in [3.63, 3.8) is 0 Å². The molecule has 1 heterocycles. The van der Waals surface area contributed by atoms with Gasteiger partial charge in [0, 0.05) is 12.3 Å². The van der Waals surface area contributed by atoms with Crippen molar-refractivity contribution in [1.82, 2.24) is 9.78 Å². The minimum absolute atomic E-state index is 0.180. The molecule has 1 amide bonds. The van der Waals surface area contributed by atoms with Crippen LogP contribution in [0.3, 0.4) is 0 Å². The summed E-state index contributed by atoms with van der Waals surface area (Å²) < 4.78 is 12.0. The van der Waals surface area contributed by atoms with Crippen LogP contribution in [0, 0.1) is 0 Å². The fourth-order valence-electron chi connectivity index (χ4n) is 1.83. The summed E-state index contributed by atoms with van der Waals surface area (Å²) >= 11 is 0. The number of aromatic nitrogens is 2. The number of aliphatic carboxylic acids is 1. The van der Waals surface area contributed by atoms with Crippen LogP contribution in [0.4, 0.5) is 5.82 Å². The predicted octanol–water partition coefficient (Wildman–Crippen LogP) is 1.77. The van der Waals surface area contributed by atoms with E-state index in [2.05, 4.69) is 10.4 Å². The first-order chi connectivity index (χ1) is 11.6. The predicted molar refractivity (Wildman–Crippen MR) is 86.2 cm³/mol. The van der Waals surface area contributed by atoms with Gasteiger partial charge in [0.05, 0.1) is 6.61 Å². The topological polar surface area (TPSA) is 103 Å². The molecule has 1 aromatic heterocycles. The molecular formula is C16H19N3O5. The monoisotopic (exact) mass is 333 g/mol. The first-order valence-electron chi connectivity index (χ1n) is 7.47. The van der Waals surface area contributed by atoms with Gasteiger partial charge < -0.3 is 19.9 Å². The number of ether oxygens (including phenoxy) is 2. The Morgan fingerprint density at radius 3 is 2.46 bits per heavy atom. The van der Waals surface area contributed by atoms with Gasteiger partial charge in [-0.2, -0.15) is 5.10 Å². The zero-order valence-corrected chi connectivity index (χ0v) is 13.3. The lowest BCUT2D eigenvalue weighted by molar-refractivity contribution is -0.137. The number of carbonyl (C=O) groups excluding carboxylic acids is 1. The van der Waals surface area contributed by atoms with Gasteiger partial charge in [-0.05, 0) is 30.7 Å². The van der Waals surface area contributed by atoms with Crippen LogP contribution in [0.2, 0.25) is 0 Å². The molecule has 0 bridgehead atoms. The van der Waals surface area contributed by atoms with Gasteiger partial charge in [-0.1, -0.05) is 6.92 Å². The minimum atomic E-state index is -1.01. The van der Waals surface area contributed by atoms with E-state index in [1.807, 2.05) is 6.92 Å². The Kier molecular flexibility index (Phi) is 6.18. The van der Waals surface area contributed by atoms with Crippen molar-refractivity contribution in [3.05, 3.63) is 36.5 Å². The van der Waals surface area contributed by atoms with Gasteiger partial charge in [0.15, 0.2) is 12.4 Å². The second-order valence-electron chi connectivity index (χ2n) is 4.95. The second-order valence-corrected chi connectivity index (χ2v) is 4.95. The number of anilines is 1. The summed E-state index contributed by atoms with van der Waals surface area (Å²) in [7, 11) is 0. The molecule has 8 heteroatoms. The number of hydrogen-bond acceptors (Lipinski definition) is 5. The number of rotatable bonds is 9. The Bertz CT molecular complexity index is 681. The summed E-state index contributed by atoms with van der Waals surface area (Å²) in [5.41, 5.74) is 0. The number of amides is 1. The van der Waals surface area contributed by atoms with E-state index in [1.165, 1.54) is 16.9 Å². The fraction of sp³-hybridized carbons (Fsp3) is 0.312. The summed E-state index contributed by atoms with van der Waals surface area (Å²) in [6.45, 7) is 2.23. The van der Waals surface area contributed by atoms with E-state index in [1.54, 1.807) is 24.3 Å². The van der Waals surface area contributed by atoms with E-state index in [4.69, 9.17) is 14.6 Å². The lowest BCUT2D eigenvalue weighted by atomic mass is 10.3. The van der Waals surface area contributed by atoms with Crippen LogP contribution in [0.5, 0.6) is 11.5 Å². The van der Waals surface area contributed by atoms with Crippen molar-refractivity contribution < 1.29 is 24.2 Å². The van der Waals surface area contributed by atoms with Gasteiger partial charge >= 0.3 is 5.97 Å². The molecule has 0 aliphatic carbocycles. The van der Waals surface area contributed by atoms with Crippen LogP contribution in [-0.4, -0.2) is 40.0 Å². The molecule has 0 atom stereocenters. The van der Waals surface area contributed by atoms with Crippen molar-refractivity contribution in [3.8, 4) is 11.5 Å². The first-order valence-corrected chi connectivity index (χ1v) is 7.47.